The maximum Gasteiger partial charge on any atom is 0.142 e. The second kappa shape index (κ2) is 5.21. The van der Waals surface area contributed by atoms with Gasteiger partial charge in [-0.05, 0) is 24.7 Å². The fourth-order valence-corrected chi connectivity index (χ4v) is 2.14. The smallest absolute Gasteiger partial charge is 0.142 e. The molecular weight excluding hydrogens is 200 g/mol. The summed E-state index contributed by atoms with van der Waals surface area (Å²) in [4.78, 5) is 4.86. The molecule has 0 aromatic heterocycles. The quantitative estimate of drug-likeness (QED) is 0.768. The molecule has 0 amide bonds. The number of hydrogen-bond donors (Lipinski definition) is 0. The Kier molecular flexibility index (Phi) is 3.67. The van der Waals surface area contributed by atoms with E-state index in [0.717, 1.165) is 38.5 Å². The van der Waals surface area contributed by atoms with Gasteiger partial charge in [-0.3, -0.25) is 0 Å². The summed E-state index contributed by atoms with van der Waals surface area (Å²) in [6, 6.07) is 8.99. The average Bonchev–Trinajstić information content (AvgIpc) is 2.39. The van der Waals surface area contributed by atoms with Crippen molar-refractivity contribution in [3.05, 3.63) is 24.3 Å². The summed E-state index contributed by atoms with van der Waals surface area (Å²) in [5, 5.41) is 0. The minimum Gasteiger partial charge on any atom is -0.495 e. The van der Waals surface area contributed by atoms with Gasteiger partial charge < -0.3 is 14.5 Å². The molecule has 1 radical (unpaired) electrons. The van der Waals surface area contributed by atoms with Crippen LogP contribution < -0.4 is 9.64 Å². The van der Waals surface area contributed by atoms with Crippen LogP contribution in [-0.2, 0) is 0 Å². The molecule has 1 saturated heterocycles. The Bertz CT molecular complexity index is 332. The predicted molar refractivity (Wildman–Crippen MR) is 66.2 cm³/mol. The first-order chi connectivity index (χ1) is 7.85. The molecule has 1 aromatic rings. The van der Waals surface area contributed by atoms with Gasteiger partial charge in [0.1, 0.15) is 5.75 Å². The van der Waals surface area contributed by atoms with Gasteiger partial charge in [0.25, 0.3) is 0 Å². The van der Waals surface area contributed by atoms with Crippen LogP contribution in [0.1, 0.15) is 6.92 Å². The molecule has 0 N–H and O–H groups in total. The van der Waals surface area contributed by atoms with Crippen molar-refractivity contribution < 1.29 is 4.74 Å². The highest BCUT2D eigenvalue weighted by Crippen LogP contribution is 2.27. The van der Waals surface area contributed by atoms with E-state index in [1.165, 1.54) is 5.69 Å². The van der Waals surface area contributed by atoms with Crippen LogP contribution in [0.3, 0.4) is 0 Å². The molecule has 16 heavy (non-hydrogen) atoms. The first-order valence-corrected chi connectivity index (χ1v) is 5.86. The van der Waals surface area contributed by atoms with E-state index in [-0.39, 0.29) is 0 Å². The van der Waals surface area contributed by atoms with Crippen LogP contribution in [0.25, 0.3) is 0 Å². The van der Waals surface area contributed by atoms with Crippen molar-refractivity contribution in [1.82, 2.24) is 4.90 Å². The van der Waals surface area contributed by atoms with Crippen LogP contribution in [0, 0.1) is 6.07 Å². The predicted octanol–water partition coefficient (Wildman–Crippen LogP) is 1.64. The Labute approximate surface area is 97.6 Å². The molecule has 1 aliphatic rings. The summed E-state index contributed by atoms with van der Waals surface area (Å²) in [6.45, 7) is 7.79. The zero-order valence-corrected chi connectivity index (χ0v) is 10.1. The molecule has 1 aliphatic heterocycles. The number of methoxy groups -OCH3 is 1. The van der Waals surface area contributed by atoms with Gasteiger partial charge in [-0.25, -0.2) is 0 Å². The molecule has 1 aromatic carbocycles. The third kappa shape index (κ3) is 2.30. The Morgan fingerprint density at radius 3 is 2.69 bits per heavy atom. The van der Waals surface area contributed by atoms with Gasteiger partial charge in [-0.2, -0.15) is 0 Å². The van der Waals surface area contributed by atoms with Gasteiger partial charge in [0.05, 0.1) is 12.8 Å². The van der Waals surface area contributed by atoms with E-state index in [4.69, 9.17) is 4.74 Å². The number of rotatable bonds is 3. The molecular formula is C13H19N2O. The number of piperazine rings is 1. The van der Waals surface area contributed by atoms with E-state index in [1.54, 1.807) is 7.11 Å². The van der Waals surface area contributed by atoms with Gasteiger partial charge >= 0.3 is 0 Å². The largest absolute Gasteiger partial charge is 0.495 e. The fourth-order valence-electron chi connectivity index (χ4n) is 2.14. The van der Waals surface area contributed by atoms with Crippen LogP contribution in [-0.4, -0.2) is 44.7 Å². The second-order valence-corrected chi connectivity index (χ2v) is 4.02. The van der Waals surface area contributed by atoms with Crippen LogP contribution >= 0.6 is 0 Å². The molecule has 0 atom stereocenters. The molecule has 1 heterocycles. The second-order valence-electron chi connectivity index (χ2n) is 4.02. The van der Waals surface area contributed by atoms with Crippen LogP contribution in [0.5, 0.6) is 5.75 Å². The number of benzene rings is 1. The summed E-state index contributed by atoms with van der Waals surface area (Å²) in [5.41, 5.74) is 1.19. The van der Waals surface area contributed by atoms with E-state index < -0.39 is 0 Å². The molecule has 2 rings (SSSR count). The fraction of sp³-hybridized carbons (Fsp3) is 0.538. The summed E-state index contributed by atoms with van der Waals surface area (Å²) >= 11 is 0. The van der Waals surface area contributed by atoms with Crippen molar-refractivity contribution in [3.63, 3.8) is 0 Å². The van der Waals surface area contributed by atoms with Gasteiger partial charge in [-0.1, -0.05) is 13.0 Å². The van der Waals surface area contributed by atoms with Crippen LogP contribution in [0.2, 0.25) is 0 Å². The summed E-state index contributed by atoms with van der Waals surface area (Å²) in [6.07, 6.45) is 0. The Morgan fingerprint density at radius 2 is 2.06 bits per heavy atom. The summed E-state index contributed by atoms with van der Waals surface area (Å²) in [7, 11) is 1.72. The minimum atomic E-state index is 0.924. The number of nitrogens with zero attached hydrogens (tertiary/aromatic N) is 2. The van der Waals surface area contributed by atoms with Crippen molar-refractivity contribution >= 4 is 5.69 Å². The Balaban J connectivity index is 2.07. The zero-order valence-electron chi connectivity index (χ0n) is 10.1. The Morgan fingerprint density at radius 1 is 1.31 bits per heavy atom. The topological polar surface area (TPSA) is 15.7 Å². The molecule has 3 heteroatoms. The molecule has 87 valence electrons. The lowest BCUT2D eigenvalue weighted by Gasteiger charge is -2.36. The number of ether oxygens (including phenoxy) is 1. The lowest BCUT2D eigenvalue weighted by molar-refractivity contribution is 0.270. The molecule has 1 fully saturated rings. The summed E-state index contributed by atoms with van der Waals surface area (Å²) < 4.78 is 5.37. The van der Waals surface area contributed by atoms with E-state index in [2.05, 4.69) is 28.9 Å². The first-order valence-electron chi connectivity index (χ1n) is 5.86. The maximum atomic E-state index is 5.37. The highest BCUT2D eigenvalue weighted by molar-refractivity contribution is 5.58. The van der Waals surface area contributed by atoms with Crippen LogP contribution in [0.4, 0.5) is 5.69 Å². The van der Waals surface area contributed by atoms with E-state index in [0.29, 0.717) is 0 Å². The first kappa shape index (κ1) is 11.3. The van der Waals surface area contributed by atoms with Crippen LogP contribution in [0.15, 0.2) is 18.2 Å². The lowest BCUT2D eigenvalue weighted by atomic mass is 10.2. The van der Waals surface area contributed by atoms with Crippen molar-refractivity contribution in [3.8, 4) is 5.75 Å². The van der Waals surface area contributed by atoms with Crippen molar-refractivity contribution in [2.45, 2.75) is 6.92 Å². The highest BCUT2D eigenvalue weighted by atomic mass is 16.5. The number of likely N-dealkylation sites (N-methyl/N-ethyl adjacent to an activating group) is 1. The molecule has 0 bridgehead atoms. The van der Waals surface area contributed by atoms with Crippen molar-refractivity contribution in [1.29, 1.82) is 0 Å². The third-order valence-corrected chi connectivity index (χ3v) is 3.18. The number of hydrogen-bond acceptors (Lipinski definition) is 3. The third-order valence-electron chi connectivity index (χ3n) is 3.18. The normalized spacial score (nSPS) is 17.5. The van der Waals surface area contributed by atoms with Gasteiger partial charge in [0, 0.05) is 26.2 Å². The minimum absolute atomic E-state index is 0.924. The maximum absolute atomic E-state index is 5.37. The molecule has 3 nitrogen and oxygen atoms in total. The lowest BCUT2D eigenvalue weighted by Crippen LogP contribution is -2.46. The van der Waals surface area contributed by atoms with E-state index in [1.807, 2.05) is 12.1 Å². The summed E-state index contributed by atoms with van der Waals surface area (Å²) in [5.74, 6) is 0.924. The van der Waals surface area contributed by atoms with Gasteiger partial charge in [0.2, 0.25) is 0 Å². The monoisotopic (exact) mass is 219 g/mol. The Hall–Kier alpha value is -1.22. The van der Waals surface area contributed by atoms with Crippen molar-refractivity contribution in [2.24, 2.45) is 0 Å². The molecule has 0 aliphatic carbocycles. The van der Waals surface area contributed by atoms with Crippen molar-refractivity contribution in [2.75, 3.05) is 44.7 Å². The van der Waals surface area contributed by atoms with Gasteiger partial charge in [0.15, 0.2) is 0 Å². The number of anilines is 1. The zero-order chi connectivity index (χ0) is 11.4. The SMILES string of the molecule is CCN1CCN(c2cc[c]cc2OC)CC1. The molecule has 0 saturated carbocycles. The van der Waals surface area contributed by atoms with E-state index in [9.17, 15) is 0 Å². The highest BCUT2D eigenvalue weighted by Gasteiger charge is 2.17. The molecule has 0 unspecified atom stereocenters. The van der Waals surface area contributed by atoms with Gasteiger partial charge in [-0.15, -0.1) is 0 Å². The van der Waals surface area contributed by atoms with E-state index >= 15 is 0 Å². The standard InChI is InChI=1S/C13H19N2O/c1-3-14-8-10-15(11-9-14)12-6-4-5-7-13(12)16-2/h4,6-7H,3,8-11H2,1-2H3. The molecule has 0 spiro atoms. The average molecular weight is 219 g/mol.